The first-order chi connectivity index (χ1) is 9.06. The van der Waals surface area contributed by atoms with Gasteiger partial charge in [-0.05, 0) is 31.7 Å². The predicted octanol–water partition coefficient (Wildman–Crippen LogP) is 0.839. The molecule has 6 nitrogen and oxygen atoms in total. The van der Waals surface area contributed by atoms with E-state index in [-0.39, 0.29) is 11.9 Å². The summed E-state index contributed by atoms with van der Waals surface area (Å²) >= 11 is 0. The van der Waals surface area contributed by atoms with Crippen molar-refractivity contribution in [3.63, 3.8) is 0 Å². The molecule has 2 N–H and O–H groups in total. The number of rotatable bonds is 3. The average Bonchev–Trinajstić information content (AvgIpc) is 2.41. The number of hydrogen-bond acceptors (Lipinski definition) is 5. The molecule has 6 heteroatoms. The highest BCUT2D eigenvalue weighted by atomic mass is 16.5. The molecule has 0 fully saturated rings. The number of ether oxygens (including phenoxy) is 2. The minimum atomic E-state index is -0.577. The number of carbonyl (C=O) groups is 2. The average molecular weight is 264 g/mol. The molecule has 1 heterocycles. The van der Waals surface area contributed by atoms with Crippen molar-refractivity contribution in [2.75, 3.05) is 19.5 Å². The van der Waals surface area contributed by atoms with Crippen molar-refractivity contribution in [3.8, 4) is 5.75 Å². The Morgan fingerprint density at radius 2 is 2.26 bits per heavy atom. The van der Waals surface area contributed by atoms with Gasteiger partial charge in [0.2, 0.25) is 0 Å². The van der Waals surface area contributed by atoms with Crippen molar-refractivity contribution < 1.29 is 19.1 Å². The third-order valence-electron chi connectivity index (χ3n) is 2.99. The zero-order valence-electron chi connectivity index (χ0n) is 11.0. The molecule has 1 amide bonds. The molecule has 0 aromatic heterocycles. The molecule has 1 aliphatic rings. The molecule has 0 saturated carbocycles. The second kappa shape index (κ2) is 5.27. The summed E-state index contributed by atoms with van der Waals surface area (Å²) in [6.45, 7) is 1.68. The molecule has 0 radical (unpaired) electrons. The van der Waals surface area contributed by atoms with Gasteiger partial charge in [0.15, 0.2) is 6.10 Å². The van der Waals surface area contributed by atoms with Gasteiger partial charge in [-0.15, -0.1) is 0 Å². The van der Waals surface area contributed by atoms with Crippen LogP contribution in [-0.4, -0.2) is 32.1 Å². The van der Waals surface area contributed by atoms with Gasteiger partial charge in [0.05, 0.1) is 12.8 Å². The smallest absolute Gasteiger partial charge is 0.327 e. The Balaban J connectivity index is 2.33. The van der Waals surface area contributed by atoms with Crippen molar-refractivity contribution in [2.24, 2.45) is 0 Å². The van der Waals surface area contributed by atoms with Crippen molar-refractivity contribution in [1.82, 2.24) is 5.32 Å². The number of nitrogens with one attached hydrogen (secondary N) is 2. The highest BCUT2D eigenvalue weighted by molar-refractivity contribution is 5.97. The van der Waals surface area contributed by atoms with Crippen LogP contribution < -0.4 is 15.4 Å². The van der Waals surface area contributed by atoms with Crippen LogP contribution in [0.3, 0.4) is 0 Å². The van der Waals surface area contributed by atoms with Gasteiger partial charge in [0.25, 0.3) is 5.91 Å². The van der Waals surface area contributed by atoms with Gasteiger partial charge in [0.1, 0.15) is 11.8 Å². The molecule has 2 rings (SSSR count). The lowest BCUT2D eigenvalue weighted by atomic mass is 10.0. The number of fused-ring (bicyclic) bond motifs is 1. The van der Waals surface area contributed by atoms with E-state index in [1.807, 2.05) is 0 Å². The highest BCUT2D eigenvalue weighted by Crippen LogP contribution is 2.32. The molecule has 19 heavy (non-hydrogen) atoms. The summed E-state index contributed by atoms with van der Waals surface area (Å²) in [6, 6.07) is 4.62. The van der Waals surface area contributed by atoms with Gasteiger partial charge in [-0.1, -0.05) is 6.07 Å². The van der Waals surface area contributed by atoms with E-state index >= 15 is 0 Å². The summed E-state index contributed by atoms with van der Waals surface area (Å²) in [7, 11) is 3.00. The van der Waals surface area contributed by atoms with E-state index in [4.69, 9.17) is 9.47 Å². The molecule has 2 atom stereocenters. The number of likely N-dealkylation sites (N-methyl/N-ethyl adjacent to an activating group) is 1. The fourth-order valence-electron chi connectivity index (χ4n) is 1.94. The first-order valence-electron chi connectivity index (χ1n) is 5.93. The van der Waals surface area contributed by atoms with Gasteiger partial charge >= 0.3 is 5.97 Å². The number of anilines is 1. The number of benzene rings is 1. The fraction of sp³-hybridized carbons (Fsp3) is 0.385. The van der Waals surface area contributed by atoms with Crippen LogP contribution in [0.25, 0.3) is 0 Å². The van der Waals surface area contributed by atoms with Crippen LogP contribution in [0.4, 0.5) is 5.69 Å². The molecule has 0 saturated heterocycles. The van der Waals surface area contributed by atoms with E-state index in [2.05, 4.69) is 10.6 Å². The normalized spacial score (nSPS) is 18.9. The zero-order chi connectivity index (χ0) is 14.0. The Labute approximate surface area is 111 Å². The molecular weight excluding hydrogens is 248 g/mol. The number of amides is 1. The van der Waals surface area contributed by atoms with E-state index in [1.54, 1.807) is 32.2 Å². The monoisotopic (exact) mass is 264 g/mol. The van der Waals surface area contributed by atoms with Crippen molar-refractivity contribution in [2.45, 2.75) is 19.1 Å². The summed E-state index contributed by atoms with van der Waals surface area (Å²) in [4.78, 5) is 23.2. The maximum Gasteiger partial charge on any atom is 0.327 e. The predicted molar refractivity (Wildman–Crippen MR) is 69.0 cm³/mol. The van der Waals surface area contributed by atoms with E-state index in [1.165, 1.54) is 7.11 Å². The van der Waals surface area contributed by atoms with E-state index in [0.717, 1.165) is 0 Å². The second-order valence-corrected chi connectivity index (χ2v) is 4.25. The molecule has 102 valence electrons. The van der Waals surface area contributed by atoms with E-state index in [9.17, 15) is 9.59 Å². The minimum absolute atomic E-state index is 0.205. The lowest BCUT2D eigenvalue weighted by Gasteiger charge is -2.24. The molecule has 2 unspecified atom stereocenters. The number of hydrogen-bond donors (Lipinski definition) is 2. The molecule has 0 aliphatic carbocycles. The topological polar surface area (TPSA) is 76.7 Å². The van der Waals surface area contributed by atoms with Crippen LogP contribution in [0.1, 0.15) is 18.5 Å². The van der Waals surface area contributed by atoms with Crippen LogP contribution in [0.5, 0.6) is 5.75 Å². The standard InChI is InChI=1S/C13H16N2O4/c1-7-12(16)15-9-6-8(4-5-10(9)19-7)11(14-2)13(17)18-3/h4-7,11,14H,1-3H3,(H,15,16). The van der Waals surface area contributed by atoms with Gasteiger partial charge in [-0.3, -0.25) is 4.79 Å². The molecule has 1 aliphatic heterocycles. The fourth-order valence-corrected chi connectivity index (χ4v) is 1.94. The SMILES string of the molecule is CNC(C(=O)OC)c1ccc2c(c1)NC(=O)C(C)O2. The largest absolute Gasteiger partial charge is 0.479 e. The summed E-state index contributed by atoms with van der Waals surface area (Å²) in [5, 5.41) is 5.61. The highest BCUT2D eigenvalue weighted by Gasteiger charge is 2.26. The molecule has 0 spiro atoms. The van der Waals surface area contributed by atoms with Gasteiger partial charge < -0.3 is 20.1 Å². The second-order valence-electron chi connectivity index (χ2n) is 4.25. The maximum absolute atomic E-state index is 11.6. The lowest BCUT2D eigenvalue weighted by molar-refractivity contribution is -0.143. The van der Waals surface area contributed by atoms with Crippen LogP contribution in [0.15, 0.2) is 18.2 Å². The molecule has 1 aromatic carbocycles. The Kier molecular flexibility index (Phi) is 3.71. The van der Waals surface area contributed by atoms with Crippen LogP contribution in [0.2, 0.25) is 0 Å². The Hall–Kier alpha value is -2.08. The van der Waals surface area contributed by atoms with Gasteiger partial charge in [-0.25, -0.2) is 4.79 Å². The third-order valence-corrected chi connectivity index (χ3v) is 2.99. The number of methoxy groups -OCH3 is 1. The Bertz CT molecular complexity index is 515. The molecule has 0 bridgehead atoms. The van der Waals surface area contributed by atoms with Crippen molar-refractivity contribution in [1.29, 1.82) is 0 Å². The van der Waals surface area contributed by atoms with Crippen molar-refractivity contribution >= 4 is 17.6 Å². The summed E-state index contributed by atoms with van der Waals surface area (Å²) < 4.78 is 10.2. The zero-order valence-corrected chi connectivity index (χ0v) is 11.0. The summed E-state index contributed by atoms with van der Waals surface area (Å²) in [5.74, 6) is -0.00170. The minimum Gasteiger partial charge on any atom is -0.479 e. The van der Waals surface area contributed by atoms with Gasteiger partial charge in [-0.2, -0.15) is 0 Å². The lowest BCUT2D eigenvalue weighted by Crippen LogP contribution is -2.34. The Morgan fingerprint density at radius 3 is 2.89 bits per heavy atom. The van der Waals surface area contributed by atoms with Crippen LogP contribution in [-0.2, 0) is 14.3 Å². The number of esters is 1. The molecule has 1 aromatic rings. The Morgan fingerprint density at radius 1 is 1.53 bits per heavy atom. The first kappa shape index (κ1) is 13.4. The number of carbonyl (C=O) groups excluding carboxylic acids is 2. The summed E-state index contributed by atoms with van der Waals surface area (Å²) in [6.07, 6.45) is -0.515. The summed E-state index contributed by atoms with van der Waals surface area (Å²) in [5.41, 5.74) is 1.26. The van der Waals surface area contributed by atoms with Gasteiger partial charge in [0, 0.05) is 0 Å². The van der Waals surface area contributed by atoms with E-state index < -0.39 is 12.1 Å². The van der Waals surface area contributed by atoms with Crippen LogP contribution in [0, 0.1) is 0 Å². The van der Waals surface area contributed by atoms with E-state index in [0.29, 0.717) is 17.0 Å². The van der Waals surface area contributed by atoms with Crippen molar-refractivity contribution in [3.05, 3.63) is 23.8 Å². The molecular formula is C13H16N2O4. The quantitative estimate of drug-likeness (QED) is 0.791. The third kappa shape index (κ3) is 2.53. The first-order valence-corrected chi connectivity index (χ1v) is 5.93. The van der Waals surface area contributed by atoms with Crippen LogP contribution >= 0.6 is 0 Å². The maximum atomic E-state index is 11.6.